The van der Waals surface area contributed by atoms with Crippen LogP contribution in [-0.4, -0.2) is 41.2 Å². The largest absolute Gasteiger partial charge is 0.485 e. The lowest BCUT2D eigenvalue weighted by Crippen LogP contribution is -2.34. The van der Waals surface area contributed by atoms with E-state index in [0.717, 1.165) is 11.8 Å². The van der Waals surface area contributed by atoms with E-state index in [9.17, 15) is 18.0 Å². The second-order valence-corrected chi connectivity index (χ2v) is 5.88. The summed E-state index contributed by atoms with van der Waals surface area (Å²) in [6.07, 6.45) is -5.05. The number of aromatic nitrogens is 2. The molecule has 0 aliphatic carbocycles. The van der Waals surface area contributed by atoms with Crippen LogP contribution in [0.1, 0.15) is 12.0 Å². The van der Waals surface area contributed by atoms with Crippen LogP contribution in [0.3, 0.4) is 0 Å². The number of nitrogens with one attached hydrogen (secondary N) is 1. The van der Waals surface area contributed by atoms with E-state index in [2.05, 4.69) is 10.2 Å². The first-order valence-corrected chi connectivity index (χ1v) is 8.07. The van der Waals surface area contributed by atoms with E-state index in [-0.39, 0.29) is 23.5 Å². The third kappa shape index (κ3) is 4.78. The van der Waals surface area contributed by atoms with Gasteiger partial charge in [0.1, 0.15) is 13.2 Å². The summed E-state index contributed by atoms with van der Waals surface area (Å²) in [5, 5.41) is 9.37. The third-order valence-electron chi connectivity index (χ3n) is 3.02. The number of alkyl halides is 3. The number of hydrogen-bond acceptors (Lipinski definition) is 7. The summed E-state index contributed by atoms with van der Waals surface area (Å²) in [5.41, 5.74) is 0. The van der Waals surface area contributed by atoms with E-state index >= 15 is 0 Å². The number of fused-ring (bicyclic) bond motifs is 1. The molecule has 1 N–H and O–H groups in total. The number of ether oxygens (including phenoxy) is 2. The molecule has 2 aromatic rings. The molecule has 2 heterocycles. The molecule has 0 spiro atoms. The van der Waals surface area contributed by atoms with Gasteiger partial charge in [0.05, 0.1) is 5.75 Å². The molecule has 25 heavy (non-hydrogen) atoms. The van der Waals surface area contributed by atoms with Gasteiger partial charge < -0.3 is 19.2 Å². The van der Waals surface area contributed by atoms with Crippen LogP contribution in [-0.2, 0) is 4.79 Å². The molecule has 7 nitrogen and oxygen atoms in total. The SMILES string of the molecule is O=C(CSc1nnc([C@H]2COc3ccccc3O2)o1)NCC(F)(F)F. The summed E-state index contributed by atoms with van der Waals surface area (Å²) in [6, 6.07) is 7.10. The minimum absolute atomic E-state index is 0.0552. The van der Waals surface area contributed by atoms with Gasteiger partial charge in [0, 0.05) is 0 Å². The van der Waals surface area contributed by atoms with E-state index in [1.807, 2.05) is 6.07 Å². The molecule has 0 bridgehead atoms. The maximum Gasteiger partial charge on any atom is 0.405 e. The molecule has 11 heteroatoms. The van der Waals surface area contributed by atoms with Crippen molar-refractivity contribution in [1.82, 2.24) is 15.5 Å². The Hall–Kier alpha value is -2.43. The molecule has 1 aromatic carbocycles. The van der Waals surface area contributed by atoms with Gasteiger partial charge in [-0.05, 0) is 12.1 Å². The minimum atomic E-state index is -4.45. The van der Waals surface area contributed by atoms with Crippen LogP contribution in [0.5, 0.6) is 11.5 Å². The fraction of sp³-hybridized carbons (Fsp3) is 0.357. The standard InChI is InChI=1S/C14H12F3N3O4S/c15-14(16,17)7-18-11(21)6-25-13-20-19-12(24-13)10-5-22-8-3-1-2-4-9(8)23-10/h1-4,10H,5-7H2,(H,18,21)/t10-/m1/s1. The van der Waals surface area contributed by atoms with Crippen LogP contribution in [0.4, 0.5) is 13.2 Å². The average Bonchev–Trinajstić information content (AvgIpc) is 3.06. The van der Waals surface area contributed by atoms with Crippen molar-refractivity contribution in [3.05, 3.63) is 30.2 Å². The van der Waals surface area contributed by atoms with E-state index in [0.29, 0.717) is 11.5 Å². The molecular weight excluding hydrogens is 363 g/mol. The van der Waals surface area contributed by atoms with E-state index in [4.69, 9.17) is 13.9 Å². The first kappa shape index (κ1) is 17.4. The summed E-state index contributed by atoms with van der Waals surface area (Å²) >= 11 is 0.834. The van der Waals surface area contributed by atoms with Gasteiger partial charge in [0.2, 0.25) is 12.0 Å². The Labute approximate surface area is 143 Å². The molecule has 3 rings (SSSR count). The van der Waals surface area contributed by atoms with Crippen molar-refractivity contribution in [2.45, 2.75) is 17.5 Å². The van der Waals surface area contributed by atoms with Crippen molar-refractivity contribution >= 4 is 17.7 Å². The Kier molecular flexibility index (Phi) is 5.02. The predicted octanol–water partition coefficient (Wildman–Crippen LogP) is 2.35. The summed E-state index contributed by atoms with van der Waals surface area (Å²) in [4.78, 5) is 11.3. The summed E-state index contributed by atoms with van der Waals surface area (Å²) in [6.45, 7) is -1.20. The number of rotatable bonds is 5. The van der Waals surface area contributed by atoms with Crippen molar-refractivity contribution in [1.29, 1.82) is 0 Å². The lowest BCUT2D eigenvalue weighted by Gasteiger charge is -2.23. The molecular formula is C14H12F3N3O4S. The fourth-order valence-electron chi connectivity index (χ4n) is 1.93. The van der Waals surface area contributed by atoms with Crippen molar-refractivity contribution in [2.24, 2.45) is 0 Å². The molecule has 1 aliphatic rings. The average molecular weight is 375 g/mol. The van der Waals surface area contributed by atoms with Crippen molar-refractivity contribution in [3.8, 4) is 11.5 Å². The van der Waals surface area contributed by atoms with Gasteiger partial charge in [0.25, 0.3) is 11.1 Å². The highest BCUT2D eigenvalue weighted by atomic mass is 32.2. The zero-order chi connectivity index (χ0) is 17.9. The van der Waals surface area contributed by atoms with Crippen molar-refractivity contribution in [3.63, 3.8) is 0 Å². The molecule has 134 valence electrons. The molecule has 1 aromatic heterocycles. The van der Waals surface area contributed by atoms with Gasteiger partial charge in [-0.15, -0.1) is 10.2 Å². The quantitative estimate of drug-likeness (QED) is 0.803. The number of amides is 1. The number of hydrogen-bond donors (Lipinski definition) is 1. The predicted molar refractivity (Wildman–Crippen MR) is 79.4 cm³/mol. The highest BCUT2D eigenvalue weighted by Crippen LogP contribution is 2.35. The zero-order valence-electron chi connectivity index (χ0n) is 12.6. The monoisotopic (exact) mass is 375 g/mol. The molecule has 1 aliphatic heterocycles. The van der Waals surface area contributed by atoms with Gasteiger partial charge in [0.15, 0.2) is 11.5 Å². The van der Waals surface area contributed by atoms with E-state index in [1.54, 1.807) is 23.5 Å². The van der Waals surface area contributed by atoms with E-state index in [1.165, 1.54) is 0 Å². The Balaban J connectivity index is 1.52. The molecule has 1 amide bonds. The van der Waals surface area contributed by atoms with Crippen molar-refractivity contribution < 1.29 is 31.9 Å². The first-order valence-electron chi connectivity index (χ1n) is 7.09. The van der Waals surface area contributed by atoms with Crippen LogP contribution in [0.25, 0.3) is 0 Å². The first-order chi connectivity index (χ1) is 11.9. The minimum Gasteiger partial charge on any atom is -0.485 e. The Morgan fingerprint density at radius 2 is 2.04 bits per heavy atom. The highest BCUT2D eigenvalue weighted by Gasteiger charge is 2.29. The number of carbonyl (C=O) groups excluding carboxylic acids is 1. The Bertz CT molecular complexity index is 753. The van der Waals surface area contributed by atoms with Gasteiger partial charge in [-0.3, -0.25) is 4.79 Å². The Morgan fingerprint density at radius 3 is 2.80 bits per heavy atom. The van der Waals surface area contributed by atoms with Gasteiger partial charge >= 0.3 is 6.18 Å². The maximum atomic E-state index is 12.0. The summed E-state index contributed by atoms with van der Waals surface area (Å²) in [7, 11) is 0. The summed E-state index contributed by atoms with van der Waals surface area (Å²) < 4.78 is 52.6. The zero-order valence-corrected chi connectivity index (χ0v) is 13.4. The third-order valence-corrected chi connectivity index (χ3v) is 3.84. The molecule has 1 atom stereocenters. The van der Waals surface area contributed by atoms with Crippen LogP contribution in [0, 0.1) is 0 Å². The molecule has 0 saturated heterocycles. The topological polar surface area (TPSA) is 86.5 Å². The number of benzene rings is 1. The van der Waals surface area contributed by atoms with Crippen LogP contribution >= 0.6 is 11.8 Å². The van der Waals surface area contributed by atoms with Gasteiger partial charge in [-0.1, -0.05) is 23.9 Å². The van der Waals surface area contributed by atoms with Crippen LogP contribution in [0.2, 0.25) is 0 Å². The Morgan fingerprint density at radius 1 is 1.28 bits per heavy atom. The second kappa shape index (κ2) is 7.21. The van der Waals surface area contributed by atoms with Gasteiger partial charge in [-0.2, -0.15) is 13.2 Å². The number of halogens is 3. The molecule has 0 saturated carbocycles. The lowest BCUT2D eigenvalue weighted by atomic mass is 10.2. The van der Waals surface area contributed by atoms with E-state index < -0.39 is 24.7 Å². The summed E-state index contributed by atoms with van der Waals surface area (Å²) in [5.74, 6) is 0.246. The molecule has 0 fully saturated rings. The molecule has 0 unspecified atom stereocenters. The smallest absolute Gasteiger partial charge is 0.405 e. The maximum absolute atomic E-state index is 12.0. The second-order valence-electron chi connectivity index (χ2n) is 4.95. The number of nitrogens with zero attached hydrogens (tertiary/aromatic N) is 2. The number of para-hydroxylation sites is 2. The normalized spacial score (nSPS) is 16.5. The highest BCUT2D eigenvalue weighted by molar-refractivity contribution is 7.99. The number of carbonyl (C=O) groups is 1. The number of thioether (sulfide) groups is 1. The fourth-order valence-corrected chi connectivity index (χ4v) is 2.53. The van der Waals surface area contributed by atoms with Gasteiger partial charge in [-0.25, -0.2) is 0 Å². The molecule has 0 radical (unpaired) electrons. The van der Waals surface area contributed by atoms with Crippen LogP contribution in [0.15, 0.2) is 33.9 Å². The van der Waals surface area contributed by atoms with Crippen LogP contribution < -0.4 is 14.8 Å². The van der Waals surface area contributed by atoms with Crippen molar-refractivity contribution in [2.75, 3.05) is 18.9 Å². The lowest BCUT2D eigenvalue weighted by molar-refractivity contribution is -0.136.